The van der Waals surface area contributed by atoms with Crippen molar-refractivity contribution in [1.82, 2.24) is 36.9 Å². The molecule has 0 aliphatic carbocycles. The molecule has 0 saturated carbocycles. The average molecular weight is 804 g/mol. The Morgan fingerprint density at radius 3 is 1.74 bits per heavy atom. The van der Waals surface area contributed by atoms with E-state index in [2.05, 4.69) is 36.9 Å². The van der Waals surface area contributed by atoms with Gasteiger partial charge < -0.3 is 63.7 Å². The fraction of sp³-hybridized carbons (Fsp3) is 0.568. The number of aliphatic hydroxyl groups excluding tert-OH is 2. The smallest absolute Gasteiger partial charge is 0.326 e. The molecule has 8 atom stereocenters. The van der Waals surface area contributed by atoms with Crippen molar-refractivity contribution in [3.63, 3.8) is 0 Å². The van der Waals surface area contributed by atoms with Crippen LogP contribution >= 0.6 is 0 Å². The van der Waals surface area contributed by atoms with Gasteiger partial charge in [-0.3, -0.25) is 33.6 Å². The van der Waals surface area contributed by atoms with E-state index in [0.717, 1.165) is 12.4 Å². The molecule has 1 aromatic heterocycles. The molecule has 0 fully saturated rings. The third-order valence-electron chi connectivity index (χ3n) is 8.94. The third-order valence-corrected chi connectivity index (χ3v) is 8.94. The Hall–Kier alpha value is -5.60. The number of hydrogen-bond donors (Lipinski definition) is 12. The quantitative estimate of drug-likeness (QED) is 0.0550. The number of carbonyl (C=O) groups is 8. The van der Waals surface area contributed by atoms with Crippen LogP contribution in [-0.2, 0) is 44.8 Å². The van der Waals surface area contributed by atoms with Crippen LogP contribution in [0.3, 0.4) is 0 Å². The van der Waals surface area contributed by atoms with E-state index in [9.17, 15) is 53.7 Å². The number of aromatic nitrogens is 1. The highest BCUT2D eigenvalue weighted by atomic mass is 16.4. The SMILES string of the molecule is CC(C)C[C@H](NC(=O)[C@@H](NC(=O)[C@H](Cc1c[nH]c2ccccc12)NC(=O)[C@H](CCC(N)=O)NC(=O)[C@@H](NC(=O)[C@@H](NC(=O)CN)[C@@H](C)O)[C@@H](C)O)C(C)C)C(=O)O. The lowest BCUT2D eigenvalue weighted by atomic mass is 9.99. The second kappa shape index (κ2) is 22.2. The van der Waals surface area contributed by atoms with Crippen LogP contribution in [0.1, 0.15) is 66.4 Å². The summed E-state index contributed by atoms with van der Waals surface area (Å²) in [4.78, 5) is 107. The molecule has 2 aromatic rings. The number of rotatable bonds is 23. The molecule has 0 saturated heterocycles. The maximum atomic E-state index is 14.1. The fourth-order valence-corrected chi connectivity index (χ4v) is 5.85. The second-order valence-corrected chi connectivity index (χ2v) is 14.7. The molecular weight excluding hydrogens is 746 g/mol. The van der Waals surface area contributed by atoms with Crippen LogP contribution in [0.4, 0.5) is 0 Å². The van der Waals surface area contributed by atoms with Gasteiger partial charge in [0.1, 0.15) is 36.3 Å². The maximum Gasteiger partial charge on any atom is 0.326 e. The zero-order chi connectivity index (χ0) is 43.1. The number of aliphatic hydroxyl groups is 2. The van der Waals surface area contributed by atoms with Crippen LogP contribution in [0.25, 0.3) is 10.9 Å². The molecule has 7 amide bonds. The minimum Gasteiger partial charge on any atom is -0.480 e. The summed E-state index contributed by atoms with van der Waals surface area (Å²) in [5, 5.41) is 45.5. The van der Waals surface area contributed by atoms with Crippen LogP contribution in [-0.4, -0.2) is 123 Å². The number of carboxylic acids is 1. The van der Waals surface area contributed by atoms with Crippen LogP contribution in [0.5, 0.6) is 0 Å². The van der Waals surface area contributed by atoms with Crippen molar-refractivity contribution < 1.29 is 53.7 Å². The molecule has 0 aliphatic heterocycles. The zero-order valence-corrected chi connectivity index (χ0v) is 33.0. The molecule has 316 valence electrons. The first-order valence-corrected chi connectivity index (χ1v) is 18.6. The van der Waals surface area contributed by atoms with Gasteiger partial charge in [-0.25, -0.2) is 4.79 Å². The van der Waals surface area contributed by atoms with Gasteiger partial charge in [-0.05, 0) is 50.2 Å². The van der Waals surface area contributed by atoms with Gasteiger partial charge in [0.15, 0.2) is 0 Å². The van der Waals surface area contributed by atoms with Gasteiger partial charge in [0.05, 0.1) is 18.8 Å². The summed E-state index contributed by atoms with van der Waals surface area (Å²) in [6.45, 7) is 8.70. The van der Waals surface area contributed by atoms with E-state index in [1.807, 2.05) is 0 Å². The summed E-state index contributed by atoms with van der Waals surface area (Å²) >= 11 is 0. The predicted molar refractivity (Wildman–Crippen MR) is 206 cm³/mol. The summed E-state index contributed by atoms with van der Waals surface area (Å²) in [5.74, 6) is -8.26. The first-order chi connectivity index (χ1) is 26.7. The van der Waals surface area contributed by atoms with Crippen LogP contribution in [0.2, 0.25) is 0 Å². The summed E-state index contributed by atoms with van der Waals surface area (Å²) in [5.41, 5.74) is 12.0. The highest BCUT2D eigenvalue weighted by Gasteiger charge is 2.36. The van der Waals surface area contributed by atoms with E-state index in [-0.39, 0.29) is 25.2 Å². The third kappa shape index (κ3) is 14.8. The summed E-state index contributed by atoms with van der Waals surface area (Å²) in [6.07, 6.45) is -2.23. The van der Waals surface area contributed by atoms with Crippen molar-refractivity contribution in [2.24, 2.45) is 23.3 Å². The highest BCUT2D eigenvalue weighted by molar-refractivity contribution is 5.98. The molecule has 1 heterocycles. The number of aliphatic carboxylic acids is 1. The summed E-state index contributed by atoms with van der Waals surface area (Å²) < 4.78 is 0. The maximum absolute atomic E-state index is 14.1. The highest BCUT2D eigenvalue weighted by Crippen LogP contribution is 2.20. The largest absolute Gasteiger partial charge is 0.480 e. The van der Waals surface area contributed by atoms with Gasteiger partial charge in [0.2, 0.25) is 41.4 Å². The Morgan fingerprint density at radius 2 is 1.19 bits per heavy atom. The first-order valence-electron chi connectivity index (χ1n) is 18.6. The standard InChI is InChI=1S/C37H57N9O11/c1-17(2)13-26(37(56)57)43-34(53)29(18(3)4)45-33(52)25(14-21-16-40-23-10-8-7-9-22(21)23)42-32(51)24(11-12-27(39)49)41-35(54)31(20(6)48)46-36(55)30(19(5)47)44-28(50)15-38/h7-10,16-20,24-26,29-31,40,47-48H,11-15,38H2,1-6H3,(H2,39,49)(H,41,54)(H,42,51)(H,43,53)(H,44,50)(H,45,52)(H,46,55)(H,56,57)/t19-,20-,24+,25+,26+,29+,30+,31+/m1/s1. The van der Waals surface area contributed by atoms with E-state index >= 15 is 0 Å². The number of H-pyrrole nitrogens is 1. The number of aromatic amines is 1. The number of carboxylic acid groups (broad SMARTS) is 1. The minimum absolute atomic E-state index is 0.0745. The van der Waals surface area contributed by atoms with Gasteiger partial charge in [0, 0.05) is 29.9 Å². The number of fused-ring (bicyclic) bond motifs is 1. The molecule has 20 nitrogen and oxygen atoms in total. The molecule has 1 aromatic carbocycles. The zero-order valence-electron chi connectivity index (χ0n) is 33.0. The molecule has 0 radical (unpaired) electrons. The van der Waals surface area contributed by atoms with Gasteiger partial charge in [0.25, 0.3) is 0 Å². The van der Waals surface area contributed by atoms with Gasteiger partial charge in [-0.1, -0.05) is 45.9 Å². The number of nitrogens with one attached hydrogen (secondary N) is 7. The normalized spacial score (nSPS) is 15.6. The number of para-hydroxylation sites is 1. The predicted octanol–water partition coefficient (Wildman–Crippen LogP) is -2.61. The van der Waals surface area contributed by atoms with Crippen LogP contribution in [0.15, 0.2) is 30.5 Å². The Bertz CT molecular complexity index is 1740. The molecule has 0 bridgehead atoms. The Kier molecular flexibility index (Phi) is 18.5. The average Bonchev–Trinajstić information content (AvgIpc) is 3.54. The van der Waals surface area contributed by atoms with E-state index in [1.165, 1.54) is 6.92 Å². The molecule has 14 N–H and O–H groups in total. The van der Waals surface area contributed by atoms with Crippen LogP contribution in [0, 0.1) is 11.8 Å². The van der Waals surface area contributed by atoms with E-state index in [0.29, 0.717) is 10.9 Å². The van der Waals surface area contributed by atoms with Gasteiger partial charge >= 0.3 is 5.97 Å². The number of hydrogen-bond acceptors (Lipinski definition) is 11. The molecular formula is C37H57N9O11. The number of nitrogens with two attached hydrogens (primary N) is 2. The molecule has 20 heteroatoms. The lowest BCUT2D eigenvalue weighted by Gasteiger charge is -2.29. The van der Waals surface area contributed by atoms with Crippen molar-refractivity contribution in [1.29, 1.82) is 0 Å². The van der Waals surface area contributed by atoms with Crippen molar-refractivity contribution in [2.75, 3.05) is 6.54 Å². The number of benzene rings is 1. The number of amides is 7. The topological polar surface area (TPSA) is 337 Å². The number of carbonyl (C=O) groups excluding carboxylic acids is 7. The molecule has 0 aliphatic rings. The van der Waals surface area contributed by atoms with Crippen molar-refractivity contribution in [3.8, 4) is 0 Å². The monoisotopic (exact) mass is 803 g/mol. The Labute approximate surface area is 330 Å². The lowest BCUT2D eigenvalue weighted by molar-refractivity contribution is -0.143. The van der Waals surface area contributed by atoms with E-state index < -0.39 is 115 Å². The molecule has 0 unspecified atom stereocenters. The molecule has 2 rings (SSSR count). The first kappa shape index (κ1) is 47.6. The van der Waals surface area contributed by atoms with Crippen LogP contribution < -0.4 is 43.4 Å². The Balaban J connectivity index is 2.46. The minimum atomic E-state index is -1.75. The van der Waals surface area contributed by atoms with Gasteiger partial charge in [-0.15, -0.1) is 0 Å². The molecule has 57 heavy (non-hydrogen) atoms. The van der Waals surface area contributed by atoms with E-state index in [4.69, 9.17) is 11.5 Å². The summed E-state index contributed by atoms with van der Waals surface area (Å²) in [7, 11) is 0. The second-order valence-electron chi connectivity index (χ2n) is 14.7. The van der Waals surface area contributed by atoms with Crippen molar-refractivity contribution in [3.05, 3.63) is 36.0 Å². The van der Waals surface area contributed by atoms with E-state index in [1.54, 1.807) is 58.2 Å². The van der Waals surface area contributed by atoms with Gasteiger partial charge in [-0.2, -0.15) is 0 Å². The lowest BCUT2D eigenvalue weighted by Crippen LogP contribution is -2.62. The Morgan fingerprint density at radius 1 is 0.684 bits per heavy atom. The fourth-order valence-electron chi connectivity index (χ4n) is 5.85. The molecule has 0 spiro atoms. The number of primary amides is 1. The summed E-state index contributed by atoms with van der Waals surface area (Å²) in [6, 6.07) is -1.66. The van der Waals surface area contributed by atoms with Crippen molar-refractivity contribution >= 4 is 58.2 Å². The van der Waals surface area contributed by atoms with Crippen molar-refractivity contribution in [2.45, 2.75) is 116 Å².